The Bertz CT molecular complexity index is 1500. The highest BCUT2D eigenvalue weighted by Gasteiger charge is 2.31. The van der Waals surface area contributed by atoms with Crippen LogP contribution in [-0.4, -0.2) is 53.8 Å². The summed E-state index contributed by atoms with van der Waals surface area (Å²) in [5, 5.41) is 9.96. The molecule has 0 saturated heterocycles. The van der Waals surface area contributed by atoms with Gasteiger partial charge in [0.05, 0.1) is 12.1 Å². The molecule has 11 heteroatoms. The van der Waals surface area contributed by atoms with Crippen LogP contribution in [0.3, 0.4) is 0 Å². The zero-order chi connectivity index (χ0) is 28.0. The molecule has 0 saturated carbocycles. The first-order valence-electron chi connectivity index (χ1n) is 13.1. The zero-order valence-electron chi connectivity index (χ0n) is 22.9. The molecule has 4 N–H and O–H groups in total. The fraction of sp³-hybridized carbons (Fsp3) is 0.464. The monoisotopic (exact) mass is 552 g/mol. The molecule has 0 unspecified atom stereocenters. The Morgan fingerprint density at radius 2 is 1.97 bits per heavy atom. The Hall–Kier alpha value is -3.28. The average molecular weight is 553 g/mol. The summed E-state index contributed by atoms with van der Waals surface area (Å²) >= 11 is 0. The van der Waals surface area contributed by atoms with E-state index in [1.54, 1.807) is 12.5 Å². The van der Waals surface area contributed by atoms with Crippen LogP contribution in [-0.2, 0) is 29.4 Å². The molecular weight excluding hydrogens is 516 g/mol. The molecule has 0 fully saturated rings. The number of fused-ring (bicyclic) bond motifs is 2. The number of aliphatic hydroxyl groups is 1. The molecular formula is C28H36N6O4S. The van der Waals surface area contributed by atoms with Gasteiger partial charge in [-0.25, -0.2) is 28.1 Å². The Kier molecular flexibility index (Phi) is 7.02. The van der Waals surface area contributed by atoms with E-state index in [0.717, 1.165) is 47.7 Å². The van der Waals surface area contributed by atoms with Crippen LogP contribution in [0.2, 0.25) is 0 Å². The normalized spacial score (nSPS) is 17.1. The number of nitrogen functional groups attached to an aromatic ring is 1. The highest BCUT2D eigenvalue weighted by atomic mass is 32.2. The molecule has 0 amide bonds. The topological polar surface area (TPSA) is 144 Å². The smallest absolute Gasteiger partial charge is 0.244 e. The third-order valence-electron chi connectivity index (χ3n) is 7.25. The largest absolute Gasteiger partial charge is 0.491 e. The molecule has 0 spiro atoms. The number of anilines is 2. The van der Waals surface area contributed by atoms with E-state index in [9.17, 15) is 13.5 Å². The van der Waals surface area contributed by atoms with Crippen molar-refractivity contribution in [3.63, 3.8) is 0 Å². The maximum absolute atomic E-state index is 12.9. The van der Waals surface area contributed by atoms with E-state index in [1.165, 1.54) is 25.5 Å². The Morgan fingerprint density at radius 3 is 2.74 bits per heavy atom. The molecule has 2 aromatic heterocycles. The minimum atomic E-state index is -3.99. The van der Waals surface area contributed by atoms with E-state index < -0.39 is 15.6 Å². The summed E-state index contributed by atoms with van der Waals surface area (Å²) < 4.78 is 34.4. The maximum Gasteiger partial charge on any atom is 0.244 e. The first-order valence-corrected chi connectivity index (χ1v) is 14.6. The number of aryl methyl sites for hydroxylation is 1. The number of hydrogen-bond donors (Lipinski definition) is 3. The summed E-state index contributed by atoms with van der Waals surface area (Å²) in [5.41, 5.74) is 9.63. The van der Waals surface area contributed by atoms with Gasteiger partial charge in [0.25, 0.3) is 0 Å². The fourth-order valence-corrected chi connectivity index (χ4v) is 6.37. The SMILES string of the molecule is CC(C)(O)CNS(=O)(=O)c1cc(-c2ccc3c(c2)CN(c2ncnc4c2CC(C)(C)CC4)CCO3)cnc1N. The molecule has 1 aromatic carbocycles. The van der Waals surface area contributed by atoms with Gasteiger partial charge in [-0.05, 0) is 62.3 Å². The van der Waals surface area contributed by atoms with Crippen LogP contribution in [0.25, 0.3) is 11.1 Å². The number of pyridine rings is 1. The van der Waals surface area contributed by atoms with Crippen molar-refractivity contribution in [2.24, 2.45) is 5.41 Å². The molecule has 5 rings (SSSR count). The van der Waals surface area contributed by atoms with Crippen molar-refractivity contribution in [2.45, 2.75) is 64.0 Å². The second-order valence-corrected chi connectivity index (χ2v) is 13.5. The lowest BCUT2D eigenvalue weighted by Crippen LogP contribution is -2.38. The van der Waals surface area contributed by atoms with Crippen LogP contribution in [0, 0.1) is 5.41 Å². The van der Waals surface area contributed by atoms with Crippen LogP contribution in [0.1, 0.15) is 50.9 Å². The van der Waals surface area contributed by atoms with Crippen molar-refractivity contribution in [2.75, 3.05) is 30.3 Å². The molecule has 0 bridgehead atoms. The standard InChI is InChI=1S/C28H36N6O4S/c1-27(2)8-7-22-21(13-27)26(32-17-31-22)34-9-10-38-23-6-5-18(11-20(23)15-34)19-12-24(25(29)30-14-19)39(36,37)33-16-28(3,4)35/h5-6,11-12,14,17,33,35H,7-10,13,15-16H2,1-4H3,(H2,29,30). The van der Waals surface area contributed by atoms with Gasteiger partial charge < -0.3 is 20.5 Å². The van der Waals surface area contributed by atoms with Gasteiger partial charge in [0, 0.05) is 41.7 Å². The van der Waals surface area contributed by atoms with Crippen molar-refractivity contribution >= 4 is 21.7 Å². The molecule has 208 valence electrons. The van der Waals surface area contributed by atoms with Gasteiger partial charge in [0.1, 0.15) is 35.2 Å². The van der Waals surface area contributed by atoms with E-state index in [0.29, 0.717) is 25.3 Å². The molecule has 0 radical (unpaired) electrons. The van der Waals surface area contributed by atoms with E-state index in [4.69, 9.17) is 15.5 Å². The lowest BCUT2D eigenvalue weighted by molar-refractivity contribution is 0.0857. The van der Waals surface area contributed by atoms with E-state index in [1.807, 2.05) is 18.2 Å². The molecule has 39 heavy (non-hydrogen) atoms. The van der Waals surface area contributed by atoms with Gasteiger partial charge in [-0.15, -0.1) is 0 Å². The third-order valence-corrected chi connectivity index (χ3v) is 8.68. The van der Waals surface area contributed by atoms with Gasteiger partial charge in [-0.1, -0.05) is 19.9 Å². The quantitative estimate of drug-likeness (QED) is 0.420. The summed E-state index contributed by atoms with van der Waals surface area (Å²) in [6, 6.07) is 7.30. The fourth-order valence-electron chi connectivity index (χ4n) is 5.06. The Balaban J connectivity index is 1.46. The Labute approximate surface area is 229 Å². The summed E-state index contributed by atoms with van der Waals surface area (Å²) in [6.07, 6.45) is 6.20. The van der Waals surface area contributed by atoms with E-state index >= 15 is 0 Å². The van der Waals surface area contributed by atoms with Gasteiger partial charge >= 0.3 is 0 Å². The number of ether oxygens (including phenoxy) is 1. The van der Waals surface area contributed by atoms with Crippen molar-refractivity contribution < 1.29 is 18.3 Å². The number of nitrogens with one attached hydrogen (secondary N) is 1. The van der Waals surface area contributed by atoms with Gasteiger partial charge in [-0.2, -0.15) is 0 Å². The van der Waals surface area contributed by atoms with Crippen molar-refractivity contribution in [3.8, 4) is 16.9 Å². The van der Waals surface area contributed by atoms with Crippen LogP contribution in [0.15, 0.2) is 41.7 Å². The van der Waals surface area contributed by atoms with E-state index in [-0.39, 0.29) is 22.7 Å². The van der Waals surface area contributed by atoms with Gasteiger partial charge in [0.15, 0.2) is 0 Å². The summed E-state index contributed by atoms with van der Waals surface area (Å²) in [6.45, 7) is 9.26. The predicted molar refractivity (Wildman–Crippen MR) is 150 cm³/mol. The molecule has 3 aromatic rings. The van der Waals surface area contributed by atoms with Crippen LogP contribution in [0.4, 0.5) is 11.6 Å². The van der Waals surface area contributed by atoms with Crippen molar-refractivity contribution in [1.82, 2.24) is 19.7 Å². The molecule has 0 atom stereocenters. The van der Waals surface area contributed by atoms with Crippen LogP contribution < -0.4 is 20.1 Å². The first kappa shape index (κ1) is 27.3. The summed E-state index contributed by atoms with van der Waals surface area (Å²) in [4.78, 5) is 15.5. The molecule has 10 nitrogen and oxygen atoms in total. The minimum Gasteiger partial charge on any atom is -0.491 e. The number of nitrogens with two attached hydrogens (primary N) is 1. The lowest BCUT2D eigenvalue weighted by Gasteiger charge is -2.33. The number of rotatable bonds is 6. The van der Waals surface area contributed by atoms with Crippen molar-refractivity contribution in [3.05, 3.63) is 53.6 Å². The van der Waals surface area contributed by atoms with Crippen LogP contribution in [0.5, 0.6) is 5.75 Å². The second-order valence-electron chi connectivity index (χ2n) is 11.8. The predicted octanol–water partition coefficient (Wildman–Crippen LogP) is 3.08. The lowest BCUT2D eigenvalue weighted by atomic mass is 9.76. The zero-order valence-corrected chi connectivity index (χ0v) is 23.7. The highest BCUT2D eigenvalue weighted by molar-refractivity contribution is 7.89. The minimum absolute atomic E-state index is 0.109. The molecule has 3 heterocycles. The molecule has 1 aliphatic carbocycles. The number of nitrogens with zero attached hydrogens (tertiary/aromatic N) is 4. The first-order chi connectivity index (χ1) is 18.3. The second kappa shape index (κ2) is 10.0. The summed E-state index contributed by atoms with van der Waals surface area (Å²) in [5.74, 6) is 1.63. The number of sulfonamides is 1. The van der Waals surface area contributed by atoms with Gasteiger partial charge in [0.2, 0.25) is 10.0 Å². The van der Waals surface area contributed by atoms with Crippen LogP contribution >= 0.6 is 0 Å². The number of hydrogen-bond acceptors (Lipinski definition) is 9. The third kappa shape index (κ3) is 6.00. The summed E-state index contributed by atoms with van der Waals surface area (Å²) in [7, 11) is -3.99. The van der Waals surface area contributed by atoms with E-state index in [2.05, 4.69) is 33.4 Å². The average Bonchev–Trinajstić information content (AvgIpc) is 3.08. The number of aromatic nitrogens is 3. The maximum atomic E-state index is 12.9. The highest BCUT2D eigenvalue weighted by Crippen LogP contribution is 2.39. The molecule has 2 aliphatic rings. The molecule has 1 aliphatic heterocycles. The number of benzene rings is 1. The Morgan fingerprint density at radius 1 is 1.18 bits per heavy atom. The van der Waals surface area contributed by atoms with Gasteiger partial charge in [-0.3, -0.25) is 0 Å². The van der Waals surface area contributed by atoms with Crippen molar-refractivity contribution in [1.29, 1.82) is 0 Å².